The predicted octanol–water partition coefficient (Wildman–Crippen LogP) is 3.10. The van der Waals surface area contributed by atoms with Crippen molar-refractivity contribution in [2.75, 3.05) is 0 Å². The molecule has 1 aromatic rings. The number of nitrogens with one attached hydrogen (secondary N) is 1. The zero-order valence-corrected chi connectivity index (χ0v) is 13.2. The summed E-state index contributed by atoms with van der Waals surface area (Å²) in [5.74, 6) is -1.49. The molecule has 0 radical (unpaired) electrons. The zero-order valence-electron chi connectivity index (χ0n) is 11.7. The Balaban J connectivity index is 2.14. The van der Waals surface area contributed by atoms with Gasteiger partial charge in [-0.2, -0.15) is 0 Å². The number of hydrogen-bond acceptors (Lipinski definition) is 2. The Labute approximate surface area is 133 Å². The molecular formula is C14H18Cl2N2O3. The summed E-state index contributed by atoms with van der Waals surface area (Å²) in [4.78, 5) is 23.7. The number of halogens is 2. The average Bonchev–Trinajstić information content (AvgIpc) is 2.73. The number of hydrogen-bond donors (Lipinski definition) is 2. The Kier molecular flexibility index (Phi) is 5.17. The van der Waals surface area contributed by atoms with Gasteiger partial charge in [0.1, 0.15) is 16.9 Å². The molecule has 1 aliphatic rings. The first kappa shape index (κ1) is 16.2. The fourth-order valence-corrected chi connectivity index (χ4v) is 3.20. The van der Waals surface area contributed by atoms with Gasteiger partial charge in [0, 0.05) is 7.05 Å². The molecule has 0 saturated heterocycles. The van der Waals surface area contributed by atoms with Gasteiger partial charge < -0.3 is 15.0 Å². The second kappa shape index (κ2) is 6.71. The summed E-state index contributed by atoms with van der Waals surface area (Å²) < 4.78 is 1.44. The van der Waals surface area contributed by atoms with Crippen molar-refractivity contribution >= 4 is 35.1 Å². The van der Waals surface area contributed by atoms with E-state index in [1.165, 1.54) is 10.6 Å². The molecule has 2 N–H and O–H groups in total. The van der Waals surface area contributed by atoms with Gasteiger partial charge in [0.2, 0.25) is 0 Å². The number of carboxylic acids is 1. The normalized spacial score (nSPS) is 17.5. The van der Waals surface area contributed by atoms with E-state index in [0.717, 1.165) is 32.1 Å². The molecule has 0 spiro atoms. The number of carbonyl (C=O) groups excluding carboxylic acids is 1. The van der Waals surface area contributed by atoms with E-state index in [0.29, 0.717) is 0 Å². The summed E-state index contributed by atoms with van der Waals surface area (Å²) in [5.41, 5.74) is 0.257. The number of aliphatic carboxylic acids is 1. The second-order valence-corrected chi connectivity index (χ2v) is 6.18. The molecule has 1 unspecified atom stereocenters. The van der Waals surface area contributed by atoms with Crippen LogP contribution in [0.5, 0.6) is 0 Å². The smallest absolute Gasteiger partial charge is 0.326 e. The summed E-state index contributed by atoms with van der Waals surface area (Å²) in [6.45, 7) is 0. The van der Waals surface area contributed by atoms with E-state index < -0.39 is 17.9 Å². The number of nitrogens with zero attached hydrogens (tertiary/aromatic N) is 1. The first-order chi connectivity index (χ1) is 9.91. The van der Waals surface area contributed by atoms with Crippen LogP contribution in [0.2, 0.25) is 10.2 Å². The van der Waals surface area contributed by atoms with Crippen molar-refractivity contribution in [3.8, 4) is 0 Å². The van der Waals surface area contributed by atoms with Gasteiger partial charge in [0.05, 0.1) is 5.02 Å². The third kappa shape index (κ3) is 3.52. The van der Waals surface area contributed by atoms with Crippen LogP contribution in [0.1, 0.15) is 42.6 Å². The highest BCUT2D eigenvalue weighted by molar-refractivity contribution is 6.41. The highest BCUT2D eigenvalue weighted by atomic mass is 35.5. The number of rotatable bonds is 4. The fraction of sp³-hybridized carbons (Fsp3) is 0.571. The Hall–Kier alpha value is -1.20. The predicted molar refractivity (Wildman–Crippen MR) is 80.9 cm³/mol. The van der Waals surface area contributed by atoms with Crippen molar-refractivity contribution in [3.63, 3.8) is 0 Å². The maximum atomic E-state index is 12.3. The van der Waals surface area contributed by atoms with E-state index in [1.54, 1.807) is 7.05 Å². The number of aromatic nitrogens is 1. The van der Waals surface area contributed by atoms with Crippen molar-refractivity contribution in [2.45, 2.75) is 38.1 Å². The molecule has 5 nitrogen and oxygen atoms in total. The molecule has 1 amide bonds. The molecule has 116 valence electrons. The minimum Gasteiger partial charge on any atom is -0.480 e. The van der Waals surface area contributed by atoms with Gasteiger partial charge >= 0.3 is 5.97 Å². The van der Waals surface area contributed by atoms with Crippen LogP contribution in [-0.4, -0.2) is 27.6 Å². The third-order valence-corrected chi connectivity index (χ3v) is 4.86. The van der Waals surface area contributed by atoms with E-state index in [4.69, 9.17) is 23.2 Å². The van der Waals surface area contributed by atoms with Gasteiger partial charge in [-0.15, -0.1) is 0 Å². The van der Waals surface area contributed by atoms with Crippen molar-refractivity contribution in [1.82, 2.24) is 9.88 Å². The minimum atomic E-state index is -0.998. The molecule has 1 heterocycles. The van der Waals surface area contributed by atoms with Crippen LogP contribution < -0.4 is 5.32 Å². The molecule has 1 aromatic heterocycles. The molecule has 21 heavy (non-hydrogen) atoms. The van der Waals surface area contributed by atoms with Crippen LogP contribution in [0.15, 0.2) is 6.07 Å². The van der Waals surface area contributed by atoms with Crippen LogP contribution in [0.25, 0.3) is 0 Å². The van der Waals surface area contributed by atoms with Crippen LogP contribution in [-0.2, 0) is 11.8 Å². The Morgan fingerprint density at radius 1 is 1.33 bits per heavy atom. The van der Waals surface area contributed by atoms with E-state index in [1.807, 2.05) is 0 Å². The Morgan fingerprint density at radius 3 is 2.43 bits per heavy atom. The molecule has 1 fully saturated rings. The molecule has 7 heteroatoms. The standard InChI is InChI=1S/C14H18Cl2N2O3/c1-18-10(7-9(15)12(18)16)13(19)17-11(14(20)21)8-5-3-2-4-6-8/h7-8,11H,2-6H2,1H3,(H,17,19)(H,20,21). The first-order valence-electron chi connectivity index (χ1n) is 6.96. The lowest BCUT2D eigenvalue weighted by Gasteiger charge is -2.28. The topological polar surface area (TPSA) is 71.3 Å². The maximum absolute atomic E-state index is 12.3. The minimum absolute atomic E-state index is 0.0218. The van der Waals surface area contributed by atoms with Crippen molar-refractivity contribution in [2.24, 2.45) is 13.0 Å². The molecule has 0 aliphatic heterocycles. The summed E-state index contributed by atoms with van der Waals surface area (Å²) in [7, 11) is 1.61. The first-order valence-corrected chi connectivity index (χ1v) is 7.71. The third-order valence-electron chi connectivity index (χ3n) is 4.02. The van der Waals surface area contributed by atoms with Crippen molar-refractivity contribution in [3.05, 3.63) is 21.9 Å². The lowest BCUT2D eigenvalue weighted by atomic mass is 9.84. The highest BCUT2D eigenvalue weighted by Gasteiger charge is 2.31. The summed E-state index contributed by atoms with van der Waals surface area (Å²) in [6.07, 6.45) is 4.79. The molecule has 1 aliphatic carbocycles. The average molecular weight is 333 g/mol. The van der Waals surface area contributed by atoms with Crippen molar-refractivity contribution < 1.29 is 14.7 Å². The van der Waals surface area contributed by atoms with Crippen LogP contribution in [0.4, 0.5) is 0 Å². The van der Waals surface area contributed by atoms with Gasteiger partial charge in [0.15, 0.2) is 0 Å². The Morgan fingerprint density at radius 2 is 1.95 bits per heavy atom. The van der Waals surface area contributed by atoms with Gasteiger partial charge in [-0.1, -0.05) is 42.5 Å². The second-order valence-electron chi connectivity index (χ2n) is 5.41. The number of amides is 1. The van der Waals surface area contributed by atoms with Crippen LogP contribution in [0, 0.1) is 5.92 Å². The van der Waals surface area contributed by atoms with Gasteiger partial charge in [-0.05, 0) is 24.8 Å². The molecule has 2 rings (SSSR count). The van der Waals surface area contributed by atoms with E-state index in [2.05, 4.69) is 5.32 Å². The quantitative estimate of drug-likeness (QED) is 0.889. The van der Waals surface area contributed by atoms with Crippen molar-refractivity contribution in [1.29, 1.82) is 0 Å². The van der Waals surface area contributed by atoms with E-state index in [9.17, 15) is 14.7 Å². The summed E-state index contributed by atoms with van der Waals surface area (Å²) in [5, 5.41) is 12.5. The Bertz CT molecular complexity index is 551. The number of carboxylic acid groups (broad SMARTS) is 1. The lowest BCUT2D eigenvalue weighted by molar-refractivity contribution is -0.141. The van der Waals surface area contributed by atoms with E-state index in [-0.39, 0.29) is 21.8 Å². The van der Waals surface area contributed by atoms with Gasteiger partial charge in [-0.25, -0.2) is 4.79 Å². The monoisotopic (exact) mass is 332 g/mol. The van der Waals surface area contributed by atoms with Crippen LogP contribution in [0.3, 0.4) is 0 Å². The van der Waals surface area contributed by atoms with Gasteiger partial charge in [-0.3, -0.25) is 4.79 Å². The highest BCUT2D eigenvalue weighted by Crippen LogP contribution is 2.28. The SMILES string of the molecule is Cn1c(C(=O)NC(C(=O)O)C2CCCCC2)cc(Cl)c1Cl. The molecule has 1 atom stereocenters. The zero-order chi connectivity index (χ0) is 15.6. The summed E-state index contributed by atoms with van der Waals surface area (Å²) >= 11 is 11.8. The van der Waals surface area contributed by atoms with Crippen LogP contribution >= 0.6 is 23.2 Å². The summed E-state index contributed by atoms with van der Waals surface area (Å²) in [6, 6.07) is 0.573. The molecular weight excluding hydrogens is 315 g/mol. The lowest BCUT2D eigenvalue weighted by Crippen LogP contribution is -2.46. The molecule has 0 bridgehead atoms. The molecule has 0 aromatic carbocycles. The maximum Gasteiger partial charge on any atom is 0.326 e. The number of carbonyl (C=O) groups is 2. The molecule has 1 saturated carbocycles. The van der Waals surface area contributed by atoms with E-state index >= 15 is 0 Å². The fourth-order valence-electron chi connectivity index (χ4n) is 2.82. The van der Waals surface area contributed by atoms with Gasteiger partial charge in [0.25, 0.3) is 5.91 Å². The largest absolute Gasteiger partial charge is 0.480 e.